The van der Waals surface area contributed by atoms with E-state index in [1.54, 1.807) is 0 Å². The van der Waals surface area contributed by atoms with Crippen molar-refractivity contribution in [2.75, 3.05) is 0 Å². The highest BCUT2D eigenvalue weighted by Gasteiger charge is 2.30. The summed E-state index contributed by atoms with van der Waals surface area (Å²) in [6, 6.07) is 0. The molecule has 0 unspecified atom stereocenters. The van der Waals surface area contributed by atoms with Crippen LogP contribution < -0.4 is 0 Å². The molecule has 84 valence electrons. The average molecular weight is 309 g/mol. The van der Waals surface area contributed by atoms with E-state index in [2.05, 4.69) is 15.9 Å². The third-order valence-corrected chi connectivity index (χ3v) is 3.33. The quantitative estimate of drug-likeness (QED) is 0.375. The van der Waals surface area contributed by atoms with E-state index in [0.717, 1.165) is 0 Å². The van der Waals surface area contributed by atoms with Gasteiger partial charge in [-0.2, -0.15) is 8.42 Å². The molecule has 1 aromatic rings. The molecule has 0 bridgehead atoms. The molecule has 0 saturated carbocycles. The van der Waals surface area contributed by atoms with Gasteiger partial charge in [0.05, 0.1) is 4.47 Å². The van der Waals surface area contributed by atoms with Gasteiger partial charge < -0.3 is 0 Å². The van der Waals surface area contributed by atoms with E-state index in [0.29, 0.717) is 0 Å². The summed E-state index contributed by atoms with van der Waals surface area (Å²) in [7, 11) is -5.19. The number of hydrogen-bond acceptors (Lipinski definition) is 2. The molecular weight excluding hydrogens is 308 g/mol. The van der Waals surface area contributed by atoms with Gasteiger partial charge in [-0.25, -0.2) is 17.6 Å². The second kappa shape index (κ2) is 3.72. The largest absolute Gasteiger partial charge is 0.298 e. The standard InChI is InChI=1S/C6HBrF4O3S/c7-1-2(8)3(9)4(10)5(11)6(1)15(12,13)14/h(H,12,13,14). The Labute approximate surface area is 89.6 Å². The summed E-state index contributed by atoms with van der Waals surface area (Å²) >= 11 is 2.19. The Bertz CT molecular complexity index is 499. The van der Waals surface area contributed by atoms with Crippen molar-refractivity contribution in [3.05, 3.63) is 27.7 Å². The molecule has 0 heterocycles. The Hall–Kier alpha value is -0.670. The fourth-order valence-corrected chi connectivity index (χ4v) is 2.41. The van der Waals surface area contributed by atoms with E-state index in [9.17, 15) is 26.0 Å². The summed E-state index contributed by atoms with van der Waals surface area (Å²) in [5.74, 6) is -8.63. The van der Waals surface area contributed by atoms with Gasteiger partial charge in [0, 0.05) is 0 Å². The highest BCUT2D eigenvalue weighted by atomic mass is 79.9. The monoisotopic (exact) mass is 308 g/mol. The first-order valence-corrected chi connectivity index (χ1v) is 5.40. The zero-order valence-electron chi connectivity index (χ0n) is 6.56. The van der Waals surface area contributed by atoms with Gasteiger partial charge in [-0.1, -0.05) is 0 Å². The fraction of sp³-hybridized carbons (Fsp3) is 0. The lowest BCUT2D eigenvalue weighted by molar-refractivity contribution is 0.387. The van der Waals surface area contributed by atoms with Gasteiger partial charge in [0.15, 0.2) is 23.3 Å². The van der Waals surface area contributed by atoms with Gasteiger partial charge in [-0.3, -0.25) is 4.55 Å². The Morgan fingerprint density at radius 2 is 1.33 bits per heavy atom. The molecule has 0 spiro atoms. The third kappa shape index (κ3) is 1.99. The molecule has 0 aliphatic rings. The number of rotatable bonds is 1. The lowest BCUT2D eigenvalue weighted by Crippen LogP contribution is -2.09. The molecule has 15 heavy (non-hydrogen) atoms. The van der Waals surface area contributed by atoms with Crippen molar-refractivity contribution in [1.82, 2.24) is 0 Å². The van der Waals surface area contributed by atoms with Crippen LogP contribution in [0, 0.1) is 23.3 Å². The third-order valence-electron chi connectivity index (χ3n) is 1.43. The molecule has 1 rings (SSSR count). The maximum absolute atomic E-state index is 12.8. The van der Waals surface area contributed by atoms with Crippen LogP contribution in [0.4, 0.5) is 17.6 Å². The first kappa shape index (κ1) is 12.4. The molecular formula is C6HBrF4O3S. The topological polar surface area (TPSA) is 54.4 Å². The van der Waals surface area contributed by atoms with Crippen LogP contribution in [-0.4, -0.2) is 13.0 Å². The summed E-state index contributed by atoms with van der Waals surface area (Å²) < 4.78 is 79.0. The van der Waals surface area contributed by atoms with Crippen LogP contribution in [-0.2, 0) is 10.1 Å². The first-order chi connectivity index (χ1) is 6.68. The van der Waals surface area contributed by atoms with Crippen molar-refractivity contribution >= 4 is 26.0 Å². The number of benzene rings is 1. The van der Waals surface area contributed by atoms with Gasteiger partial charge in [0.25, 0.3) is 10.1 Å². The predicted molar refractivity (Wildman–Crippen MR) is 43.8 cm³/mol. The lowest BCUT2D eigenvalue weighted by Gasteiger charge is -2.05. The van der Waals surface area contributed by atoms with Crippen LogP contribution in [0.15, 0.2) is 9.37 Å². The Morgan fingerprint density at radius 1 is 0.933 bits per heavy atom. The summed E-state index contributed by atoms with van der Waals surface area (Å²) in [5, 5.41) is 0. The fourth-order valence-electron chi connectivity index (χ4n) is 0.811. The molecule has 0 aliphatic heterocycles. The van der Waals surface area contributed by atoms with E-state index in [-0.39, 0.29) is 0 Å². The number of halogens is 5. The second-order valence-corrected chi connectivity index (χ2v) is 4.53. The predicted octanol–water partition coefficient (Wildman–Crippen LogP) is 2.25. The Morgan fingerprint density at radius 3 is 1.73 bits per heavy atom. The van der Waals surface area contributed by atoms with Gasteiger partial charge in [-0.05, 0) is 15.9 Å². The van der Waals surface area contributed by atoms with Crippen molar-refractivity contribution in [1.29, 1.82) is 0 Å². The van der Waals surface area contributed by atoms with Crippen molar-refractivity contribution < 1.29 is 30.5 Å². The lowest BCUT2D eigenvalue weighted by atomic mass is 10.3. The van der Waals surface area contributed by atoms with Crippen LogP contribution in [0.1, 0.15) is 0 Å². The molecule has 3 nitrogen and oxygen atoms in total. The van der Waals surface area contributed by atoms with Crippen molar-refractivity contribution in [3.63, 3.8) is 0 Å². The van der Waals surface area contributed by atoms with Gasteiger partial charge >= 0.3 is 0 Å². The van der Waals surface area contributed by atoms with Gasteiger partial charge in [0.1, 0.15) is 4.90 Å². The minimum absolute atomic E-state index is 1.21. The minimum atomic E-state index is -5.19. The van der Waals surface area contributed by atoms with Crippen LogP contribution in [0.25, 0.3) is 0 Å². The molecule has 9 heteroatoms. The molecule has 0 aromatic heterocycles. The summed E-state index contributed by atoms with van der Waals surface area (Å²) in [6.45, 7) is 0. The Balaban J connectivity index is 3.84. The van der Waals surface area contributed by atoms with E-state index in [1.165, 1.54) is 0 Å². The van der Waals surface area contributed by atoms with Gasteiger partial charge in [-0.15, -0.1) is 0 Å². The van der Waals surface area contributed by atoms with E-state index < -0.39 is 42.8 Å². The van der Waals surface area contributed by atoms with Crippen molar-refractivity contribution in [2.24, 2.45) is 0 Å². The van der Waals surface area contributed by atoms with Crippen molar-refractivity contribution in [3.8, 4) is 0 Å². The highest BCUT2D eigenvalue weighted by Crippen LogP contribution is 2.31. The Kier molecular flexibility index (Phi) is 3.08. The van der Waals surface area contributed by atoms with E-state index >= 15 is 0 Å². The molecule has 0 fully saturated rings. The van der Waals surface area contributed by atoms with E-state index in [4.69, 9.17) is 4.55 Å². The van der Waals surface area contributed by atoms with Gasteiger partial charge in [0.2, 0.25) is 0 Å². The normalized spacial score (nSPS) is 11.9. The second-order valence-electron chi connectivity index (χ2n) is 2.37. The van der Waals surface area contributed by atoms with E-state index in [1.807, 2.05) is 0 Å². The average Bonchev–Trinajstić information content (AvgIpc) is 2.09. The SMILES string of the molecule is O=S(=O)(O)c1c(F)c(F)c(F)c(F)c1Br. The molecule has 1 N–H and O–H groups in total. The van der Waals surface area contributed by atoms with Crippen LogP contribution in [0.2, 0.25) is 0 Å². The molecule has 1 aromatic carbocycles. The number of hydrogen-bond donors (Lipinski definition) is 1. The maximum Gasteiger partial charge on any atom is 0.298 e. The molecule has 0 saturated heterocycles. The van der Waals surface area contributed by atoms with Crippen molar-refractivity contribution in [2.45, 2.75) is 4.90 Å². The van der Waals surface area contributed by atoms with Crippen LogP contribution >= 0.6 is 15.9 Å². The summed E-state index contributed by atoms with van der Waals surface area (Å²) in [4.78, 5) is -1.68. The van der Waals surface area contributed by atoms with Crippen LogP contribution in [0.5, 0.6) is 0 Å². The molecule has 0 atom stereocenters. The summed E-state index contributed by atoms with van der Waals surface area (Å²) in [6.07, 6.45) is 0. The smallest absolute Gasteiger partial charge is 0.282 e. The summed E-state index contributed by atoms with van der Waals surface area (Å²) in [5.41, 5.74) is 0. The minimum Gasteiger partial charge on any atom is -0.282 e. The molecule has 0 amide bonds. The first-order valence-electron chi connectivity index (χ1n) is 3.16. The maximum atomic E-state index is 12.8. The molecule has 0 radical (unpaired) electrons. The highest BCUT2D eigenvalue weighted by molar-refractivity contribution is 9.10. The molecule has 0 aliphatic carbocycles. The zero-order valence-corrected chi connectivity index (χ0v) is 8.96. The van der Waals surface area contributed by atoms with Crippen LogP contribution in [0.3, 0.4) is 0 Å². The zero-order chi connectivity index (χ0) is 12.0.